The summed E-state index contributed by atoms with van der Waals surface area (Å²) in [5.41, 5.74) is 18.6. The molecule has 0 aliphatic carbocycles. The number of hydrogen-bond acceptors (Lipinski definition) is 0. The van der Waals surface area contributed by atoms with Crippen LogP contribution in [-0.4, -0.2) is 32.9 Å². The van der Waals surface area contributed by atoms with E-state index in [2.05, 4.69) is 41.5 Å². The molecule has 0 radical (unpaired) electrons. The van der Waals surface area contributed by atoms with Gasteiger partial charge in [-0.1, -0.05) is 20.8 Å². The first kappa shape index (κ1) is 27.9. The Morgan fingerprint density at radius 3 is 1.11 bits per heavy atom. The normalized spacial score (nSPS) is 8.47. The van der Waals surface area contributed by atoms with Gasteiger partial charge in [-0.15, -0.1) is 0 Å². The second-order valence-corrected chi connectivity index (χ2v) is 15.1. The second-order valence-electron chi connectivity index (χ2n) is 4.48. The Hall–Kier alpha value is 0.656. The van der Waals surface area contributed by atoms with Crippen LogP contribution in [0.3, 0.4) is 0 Å². The standard InChI is InChI=1S/C8H13Ge.3C2H6N.Zr/c1-9(2,3)8-6-4-5-7-8;3*1-2-3;/h4-7H,1-3H3;3*3H,2H2,1H3;/q4*-1;+4. The number of nitrogens with one attached hydrogen (secondary N) is 3. The van der Waals surface area contributed by atoms with Crippen LogP contribution in [0.25, 0.3) is 17.2 Å². The molecule has 0 atom stereocenters. The third-order valence-electron chi connectivity index (χ3n) is 1.53. The smallest absolute Gasteiger partial charge is 4.00 e. The van der Waals surface area contributed by atoms with Gasteiger partial charge in [-0.3, -0.25) is 0 Å². The van der Waals surface area contributed by atoms with Gasteiger partial charge in [-0.2, -0.15) is 19.6 Å². The first-order valence-corrected chi connectivity index (χ1v) is 13.9. The van der Waals surface area contributed by atoms with Gasteiger partial charge in [-0.25, -0.2) is 0 Å². The average Bonchev–Trinajstić information content (AvgIpc) is 2.72. The molecule has 1 rings (SSSR count). The third kappa shape index (κ3) is 27.8. The molecule has 5 heteroatoms. The van der Waals surface area contributed by atoms with Crippen LogP contribution in [0, 0.1) is 0 Å². The van der Waals surface area contributed by atoms with E-state index in [0.717, 1.165) is 0 Å². The molecule has 3 nitrogen and oxygen atoms in total. The topological polar surface area (TPSA) is 71.4 Å². The van der Waals surface area contributed by atoms with Gasteiger partial charge in [0.15, 0.2) is 0 Å². The molecule has 0 saturated carbocycles. The predicted molar refractivity (Wildman–Crippen MR) is 89.6 cm³/mol. The van der Waals surface area contributed by atoms with Crippen LogP contribution in [0.2, 0.25) is 17.3 Å². The van der Waals surface area contributed by atoms with Crippen molar-refractivity contribution in [3.63, 3.8) is 0 Å². The zero-order valence-corrected chi connectivity index (χ0v) is 18.0. The maximum absolute atomic E-state index is 6.21. The summed E-state index contributed by atoms with van der Waals surface area (Å²) in [7, 11) is 0. The Morgan fingerprint density at radius 2 is 1.00 bits per heavy atom. The SMILES string of the molecule is CC[NH-].CC[NH-].CC[NH-].[CH3][Ge]([CH3])([CH3])[c-]1cccc1.[Zr+4]. The van der Waals surface area contributed by atoms with E-state index in [0.29, 0.717) is 19.6 Å². The van der Waals surface area contributed by atoms with Gasteiger partial charge in [0.25, 0.3) is 0 Å². The van der Waals surface area contributed by atoms with Crippen LogP contribution >= 0.6 is 0 Å². The molecule has 0 fully saturated rings. The molecule has 19 heavy (non-hydrogen) atoms. The van der Waals surface area contributed by atoms with Crippen molar-refractivity contribution in [1.29, 1.82) is 0 Å². The predicted octanol–water partition coefficient (Wildman–Crippen LogP) is 5.12. The summed E-state index contributed by atoms with van der Waals surface area (Å²) in [5.74, 6) is 7.24. The maximum atomic E-state index is 6.21. The fraction of sp³-hybridized carbons (Fsp3) is 0.643. The van der Waals surface area contributed by atoms with Crippen LogP contribution in [-0.2, 0) is 26.2 Å². The quantitative estimate of drug-likeness (QED) is 0.460. The van der Waals surface area contributed by atoms with E-state index in [1.807, 2.05) is 0 Å². The maximum Gasteiger partial charge on any atom is 4.00 e. The largest absolute Gasteiger partial charge is 4.00 e. The molecular weight excluding hydrogens is 374 g/mol. The molecule has 0 unspecified atom stereocenters. The van der Waals surface area contributed by atoms with Crippen LogP contribution in [0.4, 0.5) is 0 Å². The second kappa shape index (κ2) is 21.0. The summed E-state index contributed by atoms with van der Waals surface area (Å²) >= 11 is -1.44. The third-order valence-corrected chi connectivity index (χ3v) is 5.86. The number of hydrogen-bond donors (Lipinski definition) is 0. The van der Waals surface area contributed by atoms with E-state index in [4.69, 9.17) is 17.2 Å². The van der Waals surface area contributed by atoms with Crippen molar-refractivity contribution < 1.29 is 26.2 Å². The Morgan fingerprint density at radius 1 is 0.789 bits per heavy atom. The average molecular weight is 405 g/mol. The molecule has 0 aliphatic heterocycles. The molecule has 1 aromatic carbocycles. The van der Waals surface area contributed by atoms with Gasteiger partial charge in [0.1, 0.15) is 0 Å². The van der Waals surface area contributed by atoms with E-state index >= 15 is 0 Å². The summed E-state index contributed by atoms with van der Waals surface area (Å²) in [5, 5.41) is 0. The molecule has 0 amide bonds. The van der Waals surface area contributed by atoms with Crippen LogP contribution in [0.15, 0.2) is 24.3 Å². The zero-order chi connectivity index (χ0) is 15.0. The minimum Gasteiger partial charge on any atom is 4.00 e. The molecule has 0 bridgehead atoms. The van der Waals surface area contributed by atoms with Crippen molar-refractivity contribution in [1.82, 2.24) is 0 Å². The van der Waals surface area contributed by atoms with Crippen LogP contribution in [0.1, 0.15) is 20.8 Å². The van der Waals surface area contributed by atoms with E-state index in [9.17, 15) is 0 Å². The zero-order valence-electron chi connectivity index (χ0n) is 13.4. The Labute approximate surface area is 142 Å². The van der Waals surface area contributed by atoms with Gasteiger partial charge in [0.05, 0.1) is 0 Å². The molecular formula is C14H31GeN3Zr. The fourth-order valence-corrected chi connectivity index (χ4v) is 3.38. The van der Waals surface area contributed by atoms with Crippen molar-refractivity contribution in [2.45, 2.75) is 38.0 Å². The molecule has 1 aromatic rings. The summed E-state index contributed by atoms with van der Waals surface area (Å²) in [6.07, 6.45) is 0. The van der Waals surface area contributed by atoms with E-state index in [1.165, 1.54) is 0 Å². The van der Waals surface area contributed by atoms with Crippen molar-refractivity contribution in [2.24, 2.45) is 0 Å². The Kier molecular flexibility index (Phi) is 30.8. The molecule has 110 valence electrons. The number of rotatable bonds is 1. The summed E-state index contributed by atoms with van der Waals surface area (Å²) < 4.78 is 1.61. The minimum atomic E-state index is -1.44. The van der Waals surface area contributed by atoms with Crippen molar-refractivity contribution in [3.8, 4) is 0 Å². The molecule has 3 N–H and O–H groups in total. The fourth-order valence-electron chi connectivity index (χ4n) is 0.874. The van der Waals surface area contributed by atoms with E-state index in [1.54, 1.807) is 25.2 Å². The monoisotopic (exact) mass is 405 g/mol. The van der Waals surface area contributed by atoms with Gasteiger partial charge < -0.3 is 17.2 Å². The van der Waals surface area contributed by atoms with E-state index < -0.39 is 13.3 Å². The van der Waals surface area contributed by atoms with Gasteiger partial charge in [0, 0.05) is 0 Å². The molecule has 0 aliphatic rings. The first-order chi connectivity index (χ1) is 8.35. The van der Waals surface area contributed by atoms with Crippen LogP contribution in [0.5, 0.6) is 0 Å². The molecule has 0 saturated heterocycles. The molecule has 0 aromatic heterocycles. The van der Waals surface area contributed by atoms with E-state index in [-0.39, 0.29) is 26.2 Å². The van der Waals surface area contributed by atoms with Crippen molar-refractivity contribution >= 4 is 17.7 Å². The molecule has 0 heterocycles. The molecule has 0 spiro atoms. The Balaban J connectivity index is -0.0000000956. The van der Waals surface area contributed by atoms with Crippen molar-refractivity contribution in [3.05, 3.63) is 41.5 Å². The summed E-state index contributed by atoms with van der Waals surface area (Å²) in [4.78, 5) is 0. The van der Waals surface area contributed by atoms with Crippen molar-refractivity contribution in [2.75, 3.05) is 19.6 Å². The van der Waals surface area contributed by atoms with Gasteiger partial charge in [0.2, 0.25) is 0 Å². The summed E-state index contributed by atoms with van der Waals surface area (Å²) in [6, 6.07) is 8.76. The van der Waals surface area contributed by atoms with Gasteiger partial charge >= 0.3 is 85.4 Å². The summed E-state index contributed by atoms with van der Waals surface area (Å²) in [6.45, 7) is 6.88. The van der Waals surface area contributed by atoms with Gasteiger partial charge in [-0.05, 0) is 0 Å². The minimum absolute atomic E-state index is 0. The Bertz CT molecular complexity index is 216. The van der Waals surface area contributed by atoms with Crippen LogP contribution < -0.4 is 4.40 Å². The first-order valence-electron chi connectivity index (χ1n) is 6.51.